The molecular formula is C18H34O4. The molecule has 0 aliphatic rings. The van der Waals surface area contributed by atoms with Crippen molar-refractivity contribution in [3.8, 4) is 0 Å². The third kappa shape index (κ3) is 13.9. The van der Waals surface area contributed by atoms with E-state index >= 15 is 0 Å². The van der Waals surface area contributed by atoms with Crippen molar-refractivity contribution in [2.75, 3.05) is 6.61 Å². The zero-order valence-electron chi connectivity index (χ0n) is 14.7. The number of unbranched alkanes of at least 4 members (excludes halogenated alkanes) is 6. The van der Waals surface area contributed by atoms with E-state index in [0.29, 0.717) is 32.3 Å². The lowest BCUT2D eigenvalue weighted by atomic mass is 10.1. The highest BCUT2D eigenvalue weighted by Gasteiger charge is 2.10. The van der Waals surface area contributed by atoms with Crippen LogP contribution in [-0.2, 0) is 19.1 Å². The fourth-order valence-corrected chi connectivity index (χ4v) is 2.33. The zero-order valence-corrected chi connectivity index (χ0v) is 14.7. The summed E-state index contributed by atoms with van der Waals surface area (Å²) >= 11 is 0. The Bertz CT molecular complexity index is 289. The van der Waals surface area contributed by atoms with Crippen molar-refractivity contribution >= 4 is 11.9 Å². The lowest BCUT2D eigenvalue weighted by molar-refractivity contribution is -0.149. The van der Waals surface area contributed by atoms with Gasteiger partial charge in [-0.05, 0) is 39.5 Å². The summed E-state index contributed by atoms with van der Waals surface area (Å²) in [5.41, 5.74) is 0. The predicted octanol–water partition coefficient (Wildman–Crippen LogP) is 4.79. The molecule has 4 nitrogen and oxygen atoms in total. The van der Waals surface area contributed by atoms with Gasteiger partial charge in [0.1, 0.15) is 0 Å². The molecule has 130 valence electrons. The van der Waals surface area contributed by atoms with Gasteiger partial charge >= 0.3 is 11.9 Å². The van der Waals surface area contributed by atoms with Crippen LogP contribution in [-0.4, -0.2) is 24.6 Å². The van der Waals surface area contributed by atoms with E-state index in [0.717, 1.165) is 12.8 Å². The van der Waals surface area contributed by atoms with E-state index in [1.54, 1.807) is 6.92 Å². The molecule has 0 aromatic rings. The van der Waals surface area contributed by atoms with E-state index in [1.165, 1.54) is 32.1 Å². The van der Waals surface area contributed by atoms with Gasteiger partial charge in [0.05, 0.1) is 12.7 Å². The van der Waals surface area contributed by atoms with Gasteiger partial charge in [0.15, 0.2) is 0 Å². The summed E-state index contributed by atoms with van der Waals surface area (Å²) in [5, 5.41) is 0. The number of rotatable bonds is 14. The smallest absolute Gasteiger partial charge is 0.306 e. The highest BCUT2D eigenvalue weighted by atomic mass is 16.5. The SMILES string of the molecule is CCCCCCCCC(C)OC(=O)CCCCC(=O)OCC. The minimum Gasteiger partial charge on any atom is -0.466 e. The second-order valence-corrected chi connectivity index (χ2v) is 5.87. The Labute approximate surface area is 135 Å². The van der Waals surface area contributed by atoms with Gasteiger partial charge in [-0.1, -0.05) is 39.0 Å². The van der Waals surface area contributed by atoms with Crippen molar-refractivity contribution in [1.82, 2.24) is 0 Å². The highest BCUT2D eigenvalue weighted by molar-refractivity contribution is 5.70. The van der Waals surface area contributed by atoms with E-state index in [9.17, 15) is 9.59 Å². The summed E-state index contributed by atoms with van der Waals surface area (Å²) < 4.78 is 10.2. The first-order valence-electron chi connectivity index (χ1n) is 8.95. The monoisotopic (exact) mass is 314 g/mol. The van der Waals surface area contributed by atoms with Crippen molar-refractivity contribution in [1.29, 1.82) is 0 Å². The first-order chi connectivity index (χ1) is 10.6. The summed E-state index contributed by atoms with van der Waals surface area (Å²) in [6, 6.07) is 0. The Morgan fingerprint density at radius 2 is 1.41 bits per heavy atom. The van der Waals surface area contributed by atoms with Crippen LogP contribution in [0.1, 0.15) is 91.4 Å². The minimum atomic E-state index is -0.188. The van der Waals surface area contributed by atoms with Crippen LogP contribution in [0.5, 0.6) is 0 Å². The van der Waals surface area contributed by atoms with Crippen LogP contribution in [0.15, 0.2) is 0 Å². The molecule has 0 N–H and O–H groups in total. The van der Waals surface area contributed by atoms with E-state index < -0.39 is 0 Å². The molecule has 0 aromatic heterocycles. The second-order valence-electron chi connectivity index (χ2n) is 5.87. The van der Waals surface area contributed by atoms with Gasteiger partial charge in [0.2, 0.25) is 0 Å². The largest absolute Gasteiger partial charge is 0.466 e. The van der Waals surface area contributed by atoms with Gasteiger partial charge in [-0.2, -0.15) is 0 Å². The summed E-state index contributed by atoms with van der Waals surface area (Å²) in [6.07, 6.45) is 10.6. The van der Waals surface area contributed by atoms with Gasteiger partial charge in [-0.15, -0.1) is 0 Å². The topological polar surface area (TPSA) is 52.6 Å². The molecule has 0 rings (SSSR count). The molecular weight excluding hydrogens is 280 g/mol. The van der Waals surface area contributed by atoms with Crippen LogP contribution in [0.4, 0.5) is 0 Å². The first kappa shape index (κ1) is 20.9. The third-order valence-corrected chi connectivity index (χ3v) is 3.61. The molecule has 0 aliphatic carbocycles. The molecule has 0 fully saturated rings. The molecule has 0 radical (unpaired) electrons. The molecule has 1 unspecified atom stereocenters. The lowest BCUT2D eigenvalue weighted by Gasteiger charge is -2.13. The molecule has 0 amide bonds. The average molecular weight is 314 g/mol. The average Bonchev–Trinajstić information content (AvgIpc) is 2.47. The maximum Gasteiger partial charge on any atom is 0.306 e. The molecule has 0 aromatic carbocycles. The van der Waals surface area contributed by atoms with Crippen LogP contribution in [0, 0.1) is 0 Å². The minimum absolute atomic E-state index is 0.00346. The third-order valence-electron chi connectivity index (χ3n) is 3.61. The van der Waals surface area contributed by atoms with E-state index in [4.69, 9.17) is 9.47 Å². The van der Waals surface area contributed by atoms with Gasteiger partial charge < -0.3 is 9.47 Å². The van der Waals surface area contributed by atoms with Crippen molar-refractivity contribution in [2.45, 2.75) is 97.5 Å². The highest BCUT2D eigenvalue weighted by Crippen LogP contribution is 2.11. The Kier molecular flexibility index (Phi) is 14.1. The van der Waals surface area contributed by atoms with Crippen LogP contribution in [0.25, 0.3) is 0 Å². The van der Waals surface area contributed by atoms with E-state index in [-0.39, 0.29) is 18.0 Å². The van der Waals surface area contributed by atoms with Crippen LogP contribution < -0.4 is 0 Å². The van der Waals surface area contributed by atoms with Gasteiger partial charge in [0.25, 0.3) is 0 Å². The van der Waals surface area contributed by atoms with Crippen LogP contribution >= 0.6 is 0 Å². The summed E-state index contributed by atoms with van der Waals surface area (Å²) in [5.74, 6) is -0.338. The maximum absolute atomic E-state index is 11.7. The van der Waals surface area contributed by atoms with Crippen LogP contribution in [0.3, 0.4) is 0 Å². The van der Waals surface area contributed by atoms with Crippen molar-refractivity contribution in [3.05, 3.63) is 0 Å². The first-order valence-corrected chi connectivity index (χ1v) is 8.95. The molecule has 0 spiro atoms. The van der Waals surface area contributed by atoms with E-state index in [2.05, 4.69) is 6.92 Å². The van der Waals surface area contributed by atoms with Gasteiger partial charge in [-0.3, -0.25) is 9.59 Å². The molecule has 0 bridgehead atoms. The second kappa shape index (κ2) is 14.9. The van der Waals surface area contributed by atoms with Gasteiger partial charge in [-0.25, -0.2) is 0 Å². The maximum atomic E-state index is 11.7. The summed E-state index contributed by atoms with van der Waals surface area (Å²) in [4.78, 5) is 22.8. The van der Waals surface area contributed by atoms with Gasteiger partial charge in [0, 0.05) is 12.8 Å². The number of ether oxygens (including phenoxy) is 2. The predicted molar refractivity (Wildman–Crippen MR) is 88.6 cm³/mol. The Morgan fingerprint density at radius 3 is 2.05 bits per heavy atom. The standard InChI is InChI=1S/C18H34O4/c1-4-6-7-8-9-10-13-16(3)22-18(20)15-12-11-14-17(19)21-5-2/h16H,4-15H2,1-3H3. The van der Waals surface area contributed by atoms with E-state index in [1.807, 2.05) is 6.92 Å². The molecule has 0 saturated carbocycles. The molecule has 0 aliphatic heterocycles. The molecule has 22 heavy (non-hydrogen) atoms. The molecule has 1 atom stereocenters. The van der Waals surface area contributed by atoms with Crippen molar-refractivity contribution in [3.63, 3.8) is 0 Å². The molecule has 0 saturated heterocycles. The quantitative estimate of drug-likeness (QED) is 0.341. The van der Waals surface area contributed by atoms with Crippen molar-refractivity contribution in [2.24, 2.45) is 0 Å². The fourth-order valence-electron chi connectivity index (χ4n) is 2.33. The number of carbonyl (C=O) groups excluding carboxylic acids is 2. The lowest BCUT2D eigenvalue weighted by Crippen LogP contribution is -2.14. The number of carbonyl (C=O) groups is 2. The zero-order chi connectivity index (χ0) is 16.6. The summed E-state index contributed by atoms with van der Waals surface area (Å²) in [6.45, 7) is 6.38. The Balaban J connectivity index is 3.47. The Morgan fingerprint density at radius 1 is 0.818 bits per heavy atom. The Hall–Kier alpha value is -1.06. The fraction of sp³-hybridized carbons (Fsp3) is 0.889. The summed E-state index contributed by atoms with van der Waals surface area (Å²) in [7, 11) is 0. The van der Waals surface area contributed by atoms with Crippen molar-refractivity contribution < 1.29 is 19.1 Å². The normalized spacial score (nSPS) is 12.0. The number of esters is 2. The number of hydrogen-bond acceptors (Lipinski definition) is 4. The van der Waals surface area contributed by atoms with Crippen LogP contribution in [0.2, 0.25) is 0 Å². The molecule has 0 heterocycles. The number of hydrogen-bond donors (Lipinski definition) is 0. The molecule has 4 heteroatoms.